The SMILES string of the molecule is CCCCCCCCCC/C=N\CCCC. The molecule has 1 heteroatoms. The third kappa shape index (κ3) is 13.7. The van der Waals surface area contributed by atoms with Crippen molar-refractivity contribution in [2.45, 2.75) is 84.5 Å². The molecule has 0 heterocycles. The molecule has 0 bridgehead atoms. The minimum Gasteiger partial charge on any atom is -0.298 e. The van der Waals surface area contributed by atoms with E-state index in [2.05, 4.69) is 25.1 Å². The van der Waals surface area contributed by atoms with Crippen molar-refractivity contribution in [2.24, 2.45) is 4.99 Å². The zero-order valence-electron chi connectivity index (χ0n) is 11.5. The van der Waals surface area contributed by atoms with Crippen LogP contribution < -0.4 is 0 Å². The smallest absolute Gasteiger partial charge is 0.0385 e. The van der Waals surface area contributed by atoms with Crippen molar-refractivity contribution >= 4 is 6.21 Å². The molecule has 0 saturated heterocycles. The van der Waals surface area contributed by atoms with E-state index in [0.29, 0.717) is 0 Å². The molecule has 0 N–H and O–H groups in total. The van der Waals surface area contributed by atoms with Gasteiger partial charge in [-0.1, -0.05) is 65.2 Å². The van der Waals surface area contributed by atoms with Gasteiger partial charge in [0.25, 0.3) is 0 Å². The number of hydrogen-bond donors (Lipinski definition) is 0. The summed E-state index contributed by atoms with van der Waals surface area (Å²) in [5, 5.41) is 0. The first kappa shape index (κ1) is 15.7. The van der Waals surface area contributed by atoms with E-state index in [1.54, 1.807) is 0 Å². The Balaban J connectivity index is 2.95. The minimum atomic E-state index is 1.04. The van der Waals surface area contributed by atoms with Gasteiger partial charge < -0.3 is 0 Å². The summed E-state index contributed by atoms with van der Waals surface area (Å²) in [7, 11) is 0. The number of unbranched alkanes of at least 4 members (excludes halogenated alkanes) is 9. The monoisotopic (exact) mass is 225 g/mol. The van der Waals surface area contributed by atoms with Crippen LogP contribution in [0.2, 0.25) is 0 Å². The second-order valence-corrected chi connectivity index (χ2v) is 4.71. The lowest BCUT2D eigenvalue weighted by atomic mass is 10.1. The van der Waals surface area contributed by atoms with E-state index in [4.69, 9.17) is 0 Å². The van der Waals surface area contributed by atoms with Crippen molar-refractivity contribution in [3.05, 3.63) is 0 Å². The molecule has 1 nitrogen and oxygen atoms in total. The molecule has 0 atom stereocenters. The molecule has 0 aromatic rings. The van der Waals surface area contributed by atoms with Crippen LogP contribution in [-0.2, 0) is 0 Å². The molecular weight excluding hydrogens is 194 g/mol. The summed E-state index contributed by atoms with van der Waals surface area (Å²) in [4.78, 5) is 4.39. The van der Waals surface area contributed by atoms with Gasteiger partial charge in [-0.3, -0.25) is 4.99 Å². The molecule has 16 heavy (non-hydrogen) atoms. The zero-order valence-corrected chi connectivity index (χ0v) is 11.5. The molecular formula is C15H31N. The summed E-state index contributed by atoms with van der Waals surface area (Å²) in [6, 6.07) is 0. The maximum absolute atomic E-state index is 4.39. The molecule has 0 unspecified atom stereocenters. The normalized spacial score (nSPS) is 11.4. The maximum Gasteiger partial charge on any atom is 0.0385 e. The van der Waals surface area contributed by atoms with E-state index in [0.717, 1.165) is 6.54 Å². The minimum absolute atomic E-state index is 1.04. The zero-order chi connectivity index (χ0) is 11.9. The van der Waals surface area contributed by atoms with Crippen molar-refractivity contribution < 1.29 is 0 Å². The van der Waals surface area contributed by atoms with Crippen LogP contribution in [-0.4, -0.2) is 12.8 Å². The van der Waals surface area contributed by atoms with Crippen LogP contribution in [0.25, 0.3) is 0 Å². The second kappa shape index (κ2) is 14.7. The molecule has 0 aliphatic carbocycles. The first-order chi connectivity index (χ1) is 7.91. The lowest BCUT2D eigenvalue weighted by Crippen LogP contribution is -1.84. The molecule has 0 amide bonds. The van der Waals surface area contributed by atoms with Crippen LogP contribution in [0, 0.1) is 0 Å². The molecule has 0 radical (unpaired) electrons. The predicted octanol–water partition coefficient (Wildman–Crippen LogP) is 5.39. The number of nitrogens with zero attached hydrogens (tertiary/aromatic N) is 1. The van der Waals surface area contributed by atoms with Crippen molar-refractivity contribution in [1.29, 1.82) is 0 Å². The van der Waals surface area contributed by atoms with Gasteiger partial charge in [0, 0.05) is 6.54 Å². The molecule has 0 aliphatic heterocycles. The van der Waals surface area contributed by atoms with Gasteiger partial charge in [0.1, 0.15) is 0 Å². The summed E-state index contributed by atoms with van der Waals surface area (Å²) in [5.41, 5.74) is 0. The van der Waals surface area contributed by atoms with E-state index in [9.17, 15) is 0 Å². The van der Waals surface area contributed by atoms with E-state index >= 15 is 0 Å². The number of rotatable bonds is 12. The van der Waals surface area contributed by atoms with Gasteiger partial charge in [0.2, 0.25) is 0 Å². The highest BCUT2D eigenvalue weighted by Crippen LogP contribution is 2.08. The summed E-state index contributed by atoms with van der Waals surface area (Å²) in [6.45, 7) is 5.53. The average molecular weight is 225 g/mol. The van der Waals surface area contributed by atoms with Crippen molar-refractivity contribution in [2.75, 3.05) is 6.54 Å². The second-order valence-electron chi connectivity index (χ2n) is 4.71. The molecule has 0 aromatic carbocycles. The van der Waals surface area contributed by atoms with Crippen LogP contribution >= 0.6 is 0 Å². The highest BCUT2D eigenvalue weighted by atomic mass is 14.7. The lowest BCUT2D eigenvalue weighted by Gasteiger charge is -1.99. The highest BCUT2D eigenvalue weighted by Gasteiger charge is 1.90. The quantitative estimate of drug-likeness (QED) is 0.312. The van der Waals surface area contributed by atoms with Gasteiger partial charge in [-0.25, -0.2) is 0 Å². The molecule has 0 aliphatic rings. The highest BCUT2D eigenvalue weighted by molar-refractivity contribution is 5.56. The van der Waals surface area contributed by atoms with Crippen LogP contribution in [0.15, 0.2) is 4.99 Å². The van der Waals surface area contributed by atoms with Gasteiger partial charge in [-0.05, 0) is 25.5 Å². The summed E-state index contributed by atoms with van der Waals surface area (Å²) in [6.07, 6.45) is 17.1. The van der Waals surface area contributed by atoms with Crippen LogP contribution in [0.1, 0.15) is 84.5 Å². The van der Waals surface area contributed by atoms with E-state index in [1.807, 2.05) is 0 Å². The lowest BCUT2D eigenvalue weighted by molar-refractivity contribution is 0.580. The summed E-state index contributed by atoms with van der Waals surface area (Å²) < 4.78 is 0. The predicted molar refractivity (Wildman–Crippen MR) is 75.5 cm³/mol. The molecule has 0 fully saturated rings. The third-order valence-corrected chi connectivity index (χ3v) is 2.96. The fraction of sp³-hybridized carbons (Fsp3) is 0.933. The Hall–Kier alpha value is -0.330. The largest absolute Gasteiger partial charge is 0.298 e. The summed E-state index contributed by atoms with van der Waals surface area (Å²) >= 11 is 0. The van der Waals surface area contributed by atoms with Crippen molar-refractivity contribution in [3.8, 4) is 0 Å². The Kier molecular flexibility index (Phi) is 14.4. The van der Waals surface area contributed by atoms with Crippen molar-refractivity contribution in [1.82, 2.24) is 0 Å². The first-order valence-corrected chi connectivity index (χ1v) is 7.40. The number of aliphatic imine (C=N–C) groups is 1. The summed E-state index contributed by atoms with van der Waals surface area (Å²) in [5.74, 6) is 0. The fourth-order valence-corrected chi connectivity index (χ4v) is 1.80. The fourth-order valence-electron chi connectivity index (χ4n) is 1.80. The Morgan fingerprint density at radius 2 is 1.25 bits per heavy atom. The van der Waals surface area contributed by atoms with Gasteiger partial charge in [-0.15, -0.1) is 0 Å². The van der Waals surface area contributed by atoms with E-state index in [1.165, 1.54) is 70.6 Å². The molecule has 96 valence electrons. The van der Waals surface area contributed by atoms with E-state index < -0.39 is 0 Å². The third-order valence-electron chi connectivity index (χ3n) is 2.96. The van der Waals surface area contributed by atoms with Crippen LogP contribution in [0.5, 0.6) is 0 Å². The Labute approximate surface area is 103 Å². The standard InChI is InChI=1S/C15H31N/c1-3-5-7-8-9-10-11-12-13-15-16-14-6-4-2/h15H,3-14H2,1-2H3/b16-15-. The van der Waals surface area contributed by atoms with Crippen molar-refractivity contribution in [3.63, 3.8) is 0 Å². The van der Waals surface area contributed by atoms with Gasteiger partial charge >= 0.3 is 0 Å². The first-order valence-electron chi connectivity index (χ1n) is 7.40. The molecule has 0 aromatic heterocycles. The molecule has 0 spiro atoms. The average Bonchev–Trinajstić information content (AvgIpc) is 2.31. The Bertz CT molecular complexity index is 140. The van der Waals surface area contributed by atoms with Gasteiger partial charge in [-0.2, -0.15) is 0 Å². The Morgan fingerprint density at radius 1 is 0.688 bits per heavy atom. The van der Waals surface area contributed by atoms with Gasteiger partial charge in [0.15, 0.2) is 0 Å². The van der Waals surface area contributed by atoms with Crippen LogP contribution in [0.4, 0.5) is 0 Å². The maximum atomic E-state index is 4.39. The molecule has 0 saturated carbocycles. The van der Waals surface area contributed by atoms with Crippen LogP contribution in [0.3, 0.4) is 0 Å². The van der Waals surface area contributed by atoms with E-state index in [-0.39, 0.29) is 0 Å². The van der Waals surface area contributed by atoms with Gasteiger partial charge in [0.05, 0.1) is 0 Å². The Morgan fingerprint density at radius 3 is 1.88 bits per heavy atom. The number of hydrogen-bond acceptors (Lipinski definition) is 1. The molecule has 0 rings (SSSR count). The topological polar surface area (TPSA) is 12.4 Å².